The number of nitrogens with one attached hydrogen (secondary N) is 1. The first-order valence-electron chi connectivity index (χ1n) is 1.91. The van der Waals surface area contributed by atoms with Crippen LogP contribution >= 0.6 is 0 Å². The minimum absolute atomic E-state index is 0.0463. The molecule has 0 aliphatic rings. The van der Waals surface area contributed by atoms with Crippen LogP contribution < -0.4 is 11.6 Å². The SMILES string of the molecule is N#CCN(N)C(=N)N. The van der Waals surface area contributed by atoms with Gasteiger partial charge in [-0.15, -0.1) is 0 Å². The predicted octanol–water partition coefficient (Wildman–Crippen LogP) is -1.42. The lowest BCUT2D eigenvalue weighted by atomic mass is 10.7. The monoisotopic (exact) mass is 113 g/mol. The van der Waals surface area contributed by atoms with Crippen molar-refractivity contribution in [2.45, 2.75) is 0 Å². The second-order valence-electron chi connectivity index (χ2n) is 1.17. The molecule has 0 bridgehead atoms. The first kappa shape index (κ1) is 6.72. The van der Waals surface area contributed by atoms with Gasteiger partial charge in [-0.1, -0.05) is 0 Å². The van der Waals surface area contributed by atoms with Crippen molar-refractivity contribution in [3.8, 4) is 6.07 Å². The fourth-order valence-electron chi connectivity index (χ4n) is 0.161. The van der Waals surface area contributed by atoms with Gasteiger partial charge in [-0.25, -0.2) is 5.84 Å². The zero-order valence-corrected chi connectivity index (χ0v) is 4.26. The molecular formula is C3H7N5. The zero-order valence-electron chi connectivity index (χ0n) is 4.26. The molecule has 5 nitrogen and oxygen atoms in total. The normalized spacial score (nSPS) is 7.50. The zero-order chi connectivity index (χ0) is 6.57. The Hall–Kier alpha value is -1.28. The van der Waals surface area contributed by atoms with Gasteiger partial charge in [0.05, 0.1) is 6.07 Å². The standard InChI is InChI=1S/C3H7N5/c4-1-2-8(7)3(5)6/h2,7H2,(H3,5,6). The fraction of sp³-hybridized carbons (Fsp3) is 0.333. The highest BCUT2D eigenvalue weighted by molar-refractivity contribution is 5.74. The van der Waals surface area contributed by atoms with Gasteiger partial charge in [0.25, 0.3) is 0 Å². The molecule has 0 radical (unpaired) electrons. The van der Waals surface area contributed by atoms with Crippen LogP contribution in [-0.4, -0.2) is 17.5 Å². The average Bonchev–Trinajstić information content (AvgIpc) is 1.67. The van der Waals surface area contributed by atoms with E-state index in [1.54, 1.807) is 6.07 Å². The first-order chi connectivity index (χ1) is 3.68. The molecule has 0 unspecified atom stereocenters. The quantitative estimate of drug-likeness (QED) is 0.128. The Morgan fingerprint density at radius 1 is 1.88 bits per heavy atom. The van der Waals surface area contributed by atoms with E-state index in [4.69, 9.17) is 22.2 Å². The maximum atomic E-state index is 7.96. The lowest BCUT2D eigenvalue weighted by molar-refractivity contribution is 0.484. The second-order valence-corrected chi connectivity index (χ2v) is 1.17. The maximum absolute atomic E-state index is 7.96. The summed E-state index contributed by atoms with van der Waals surface area (Å²) in [5.41, 5.74) is 4.86. The molecule has 5 heteroatoms. The highest BCUT2D eigenvalue weighted by atomic mass is 15.4. The van der Waals surface area contributed by atoms with Gasteiger partial charge in [-0.3, -0.25) is 10.4 Å². The van der Waals surface area contributed by atoms with E-state index in [0.29, 0.717) is 0 Å². The Balaban J connectivity index is 3.52. The summed E-state index contributed by atoms with van der Waals surface area (Å²) in [6.07, 6.45) is 0. The summed E-state index contributed by atoms with van der Waals surface area (Å²) in [5.74, 6) is 4.69. The molecule has 0 fully saturated rings. The second kappa shape index (κ2) is 2.82. The van der Waals surface area contributed by atoms with Crippen LogP contribution in [0.25, 0.3) is 0 Å². The highest BCUT2D eigenvalue weighted by Crippen LogP contribution is 1.68. The molecule has 0 atom stereocenters. The molecule has 0 aliphatic carbocycles. The van der Waals surface area contributed by atoms with Gasteiger partial charge < -0.3 is 5.73 Å². The van der Waals surface area contributed by atoms with Crippen molar-refractivity contribution < 1.29 is 0 Å². The molecule has 0 aromatic rings. The molecule has 0 aromatic carbocycles. The summed E-state index contributed by atoms with van der Waals surface area (Å²) in [4.78, 5) is 0. The number of hydrogen-bond donors (Lipinski definition) is 3. The van der Waals surface area contributed by atoms with E-state index in [0.717, 1.165) is 5.01 Å². The van der Waals surface area contributed by atoms with Gasteiger partial charge in [0, 0.05) is 0 Å². The lowest BCUT2D eigenvalue weighted by Gasteiger charge is -2.09. The molecule has 0 heterocycles. The molecule has 44 valence electrons. The molecule has 0 spiro atoms. The molecular weight excluding hydrogens is 106 g/mol. The molecule has 0 aromatic heterocycles. The average molecular weight is 113 g/mol. The largest absolute Gasteiger partial charge is 0.369 e. The maximum Gasteiger partial charge on any atom is 0.203 e. The topological polar surface area (TPSA) is 103 Å². The first-order valence-corrected chi connectivity index (χ1v) is 1.91. The van der Waals surface area contributed by atoms with E-state index in [1.165, 1.54) is 0 Å². The van der Waals surface area contributed by atoms with Crippen molar-refractivity contribution in [1.82, 2.24) is 5.01 Å². The number of hydrazine groups is 1. The highest BCUT2D eigenvalue weighted by Gasteiger charge is 1.94. The van der Waals surface area contributed by atoms with Gasteiger partial charge in [-0.2, -0.15) is 5.26 Å². The summed E-state index contributed by atoms with van der Waals surface area (Å²) in [6, 6.07) is 1.73. The molecule has 0 saturated heterocycles. The number of hydrogen-bond acceptors (Lipinski definition) is 3. The Labute approximate surface area is 47.0 Å². The molecule has 0 amide bonds. The van der Waals surface area contributed by atoms with Gasteiger partial charge >= 0.3 is 0 Å². The Bertz CT molecular complexity index is 122. The van der Waals surface area contributed by atoms with Crippen molar-refractivity contribution in [3.05, 3.63) is 0 Å². The number of nitriles is 1. The van der Waals surface area contributed by atoms with Crippen LogP contribution in [0, 0.1) is 16.7 Å². The van der Waals surface area contributed by atoms with E-state index in [2.05, 4.69) is 0 Å². The van der Waals surface area contributed by atoms with E-state index >= 15 is 0 Å². The van der Waals surface area contributed by atoms with Crippen LogP contribution in [0.1, 0.15) is 0 Å². The molecule has 0 saturated carbocycles. The third-order valence-electron chi connectivity index (χ3n) is 0.550. The number of nitrogens with zero attached hydrogens (tertiary/aromatic N) is 2. The molecule has 5 N–H and O–H groups in total. The fourth-order valence-corrected chi connectivity index (χ4v) is 0.161. The van der Waals surface area contributed by atoms with E-state index in [-0.39, 0.29) is 12.5 Å². The summed E-state index contributed by atoms with van der Waals surface area (Å²) >= 11 is 0. The van der Waals surface area contributed by atoms with Crippen LogP contribution in [0.3, 0.4) is 0 Å². The minimum Gasteiger partial charge on any atom is -0.369 e. The van der Waals surface area contributed by atoms with Gasteiger partial charge in [0.2, 0.25) is 5.96 Å². The molecule has 8 heavy (non-hydrogen) atoms. The van der Waals surface area contributed by atoms with E-state index in [9.17, 15) is 0 Å². The number of nitrogens with two attached hydrogens (primary N) is 2. The number of guanidine groups is 1. The van der Waals surface area contributed by atoms with Crippen LogP contribution in [0.15, 0.2) is 0 Å². The van der Waals surface area contributed by atoms with Crippen molar-refractivity contribution in [1.29, 1.82) is 10.7 Å². The smallest absolute Gasteiger partial charge is 0.203 e. The summed E-state index contributed by atoms with van der Waals surface area (Å²) in [6.45, 7) is -0.0463. The minimum atomic E-state index is -0.299. The Morgan fingerprint density at radius 2 is 2.38 bits per heavy atom. The lowest BCUT2D eigenvalue weighted by Crippen LogP contribution is -2.42. The summed E-state index contributed by atoms with van der Waals surface area (Å²) in [7, 11) is 0. The van der Waals surface area contributed by atoms with Crippen molar-refractivity contribution >= 4 is 5.96 Å². The van der Waals surface area contributed by atoms with E-state index in [1.807, 2.05) is 0 Å². The molecule has 0 rings (SSSR count). The van der Waals surface area contributed by atoms with Crippen LogP contribution in [0.2, 0.25) is 0 Å². The van der Waals surface area contributed by atoms with Crippen molar-refractivity contribution in [3.63, 3.8) is 0 Å². The van der Waals surface area contributed by atoms with Crippen LogP contribution in [0.5, 0.6) is 0 Å². The summed E-state index contributed by atoms with van der Waals surface area (Å²) < 4.78 is 0. The van der Waals surface area contributed by atoms with Crippen LogP contribution in [0.4, 0.5) is 0 Å². The van der Waals surface area contributed by atoms with Gasteiger partial charge in [-0.05, 0) is 0 Å². The van der Waals surface area contributed by atoms with E-state index < -0.39 is 0 Å². The third kappa shape index (κ3) is 2.00. The van der Waals surface area contributed by atoms with Crippen molar-refractivity contribution in [2.75, 3.05) is 6.54 Å². The third-order valence-corrected chi connectivity index (χ3v) is 0.550. The van der Waals surface area contributed by atoms with Gasteiger partial charge in [0.1, 0.15) is 6.54 Å². The molecule has 0 aliphatic heterocycles. The Kier molecular flexibility index (Phi) is 2.37. The summed E-state index contributed by atoms with van der Waals surface area (Å²) in [5, 5.41) is 15.4. The van der Waals surface area contributed by atoms with Crippen molar-refractivity contribution in [2.24, 2.45) is 11.6 Å². The van der Waals surface area contributed by atoms with Crippen LogP contribution in [-0.2, 0) is 0 Å². The Morgan fingerprint density at radius 3 is 2.50 bits per heavy atom. The van der Waals surface area contributed by atoms with Gasteiger partial charge in [0.15, 0.2) is 0 Å². The predicted molar refractivity (Wildman–Crippen MR) is 28.4 cm³/mol. The number of rotatable bonds is 1.